The number of hydrogen-bond acceptors (Lipinski definition) is 4. The van der Waals surface area contributed by atoms with E-state index in [4.69, 9.17) is 16.3 Å². The fourth-order valence-electron chi connectivity index (χ4n) is 1.52. The molecule has 6 nitrogen and oxygen atoms in total. The summed E-state index contributed by atoms with van der Waals surface area (Å²) < 4.78 is 5.05. The van der Waals surface area contributed by atoms with Crippen LogP contribution in [-0.2, 0) is 4.79 Å². The van der Waals surface area contributed by atoms with Crippen molar-refractivity contribution < 1.29 is 14.5 Å². The normalized spacial score (nSPS) is 24.2. The van der Waals surface area contributed by atoms with Crippen LogP contribution in [0.2, 0.25) is 0 Å². The van der Waals surface area contributed by atoms with Crippen LogP contribution in [0.4, 0.5) is 0 Å². The second kappa shape index (κ2) is 3.81. The molecule has 0 aromatic heterocycles. The average Bonchev–Trinajstić information content (AvgIpc) is 2.53. The van der Waals surface area contributed by atoms with Gasteiger partial charge in [0.2, 0.25) is 5.91 Å². The maximum atomic E-state index is 11.0. The minimum Gasteiger partial charge on any atom is -0.410 e. The van der Waals surface area contributed by atoms with E-state index >= 15 is 0 Å². The summed E-state index contributed by atoms with van der Waals surface area (Å²) in [5.41, 5.74) is 0.168. The number of ether oxygens (including phenoxy) is 1. The van der Waals surface area contributed by atoms with Crippen molar-refractivity contribution in [2.45, 2.75) is 12.1 Å². The monoisotopic (exact) mass is 254 g/mol. The molecule has 0 saturated carbocycles. The van der Waals surface area contributed by atoms with Gasteiger partial charge >= 0.3 is 5.18 Å². The third-order valence-corrected chi connectivity index (χ3v) is 2.58. The number of alkyl halides is 1. The Kier molecular flexibility index (Phi) is 2.59. The van der Waals surface area contributed by atoms with E-state index in [0.29, 0.717) is 5.56 Å². The molecule has 0 bridgehead atoms. The maximum absolute atomic E-state index is 11.0. The van der Waals surface area contributed by atoms with E-state index in [9.17, 15) is 14.9 Å². The molecule has 2 rings (SSSR count). The number of amides is 1. The molecule has 1 aromatic rings. The Morgan fingerprint density at radius 3 is 2.76 bits per heavy atom. The molecule has 1 amide bonds. The van der Waals surface area contributed by atoms with E-state index in [1.165, 1.54) is 13.0 Å². The quantitative estimate of drug-likeness (QED) is 0.330. The van der Waals surface area contributed by atoms with Crippen LogP contribution in [-0.4, -0.2) is 21.7 Å². The van der Waals surface area contributed by atoms with Gasteiger partial charge in [0.1, 0.15) is 5.75 Å². The third-order valence-electron chi connectivity index (χ3n) is 2.18. The molecule has 0 fully saturated rings. The lowest BCUT2D eigenvalue weighted by Gasteiger charge is -2.11. The fraction of sp³-hybridized carbons (Fsp3) is 0.200. The van der Waals surface area contributed by atoms with Crippen LogP contribution in [0.1, 0.15) is 12.5 Å². The Bertz CT molecular complexity index is 543. The van der Waals surface area contributed by atoms with Gasteiger partial charge in [-0.15, -0.1) is 0 Å². The van der Waals surface area contributed by atoms with Crippen molar-refractivity contribution in [2.24, 2.45) is 4.99 Å². The minimum atomic E-state index is -2.32. The summed E-state index contributed by atoms with van der Waals surface area (Å²) in [5, 5.41) is 8.62. The number of aliphatic imine (C=N–C) groups is 1. The number of rotatable bonds is 1. The van der Waals surface area contributed by atoms with Gasteiger partial charge in [-0.1, -0.05) is 12.1 Å². The maximum Gasteiger partial charge on any atom is 0.489 e. The molecule has 0 spiro atoms. The number of para-hydroxylation sites is 1. The Morgan fingerprint density at radius 2 is 2.18 bits per heavy atom. The number of carbonyl (C=O) groups is 1. The van der Waals surface area contributed by atoms with Crippen LogP contribution >= 0.6 is 11.6 Å². The van der Waals surface area contributed by atoms with E-state index in [2.05, 4.69) is 4.99 Å². The van der Waals surface area contributed by atoms with Crippen molar-refractivity contribution in [3.8, 4) is 5.75 Å². The first-order valence-corrected chi connectivity index (χ1v) is 5.04. The number of halogens is 1. The molecule has 0 saturated heterocycles. The van der Waals surface area contributed by atoms with Crippen LogP contribution in [0.25, 0.3) is 0 Å². The Labute approximate surface area is 101 Å². The molecule has 88 valence electrons. The highest BCUT2D eigenvalue weighted by Crippen LogP contribution is 2.38. The highest BCUT2D eigenvalue weighted by molar-refractivity contribution is 6.39. The van der Waals surface area contributed by atoms with Gasteiger partial charge in [-0.25, -0.2) is 4.99 Å². The molecule has 17 heavy (non-hydrogen) atoms. The lowest BCUT2D eigenvalue weighted by atomic mass is 10.1. The molecule has 1 heterocycles. The largest absolute Gasteiger partial charge is 0.489 e. The molecular formula is C10H7ClN2O4. The fourth-order valence-corrected chi connectivity index (χ4v) is 1.75. The average molecular weight is 255 g/mol. The van der Waals surface area contributed by atoms with Crippen molar-refractivity contribution >= 4 is 23.2 Å². The van der Waals surface area contributed by atoms with E-state index < -0.39 is 16.0 Å². The standard InChI is InChI=1S/C10H7ClN2O4/c1-6(14)12-9-7-4-2-3-5-8(7)17-10(9,11)13(15)16/h2-5H,1H3. The zero-order valence-corrected chi connectivity index (χ0v) is 9.47. The number of hydrogen-bond donors (Lipinski definition) is 0. The zero-order chi connectivity index (χ0) is 12.6. The summed E-state index contributed by atoms with van der Waals surface area (Å²) >= 11 is 5.78. The molecule has 0 radical (unpaired) electrons. The van der Waals surface area contributed by atoms with Crippen molar-refractivity contribution in [1.29, 1.82) is 0 Å². The van der Waals surface area contributed by atoms with Crippen LogP contribution in [0.15, 0.2) is 29.3 Å². The third kappa shape index (κ3) is 1.76. The summed E-state index contributed by atoms with van der Waals surface area (Å²) in [6.45, 7) is 1.19. The predicted octanol–water partition coefficient (Wildman–Crippen LogP) is 1.58. The summed E-state index contributed by atoms with van der Waals surface area (Å²) in [5.74, 6) is -0.341. The summed E-state index contributed by atoms with van der Waals surface area (Å²) in [6.07, 6.45) is 0. The number of carbonyl (C=O) groups excluding carboxylic acids is 1. The highest BCUT2D eigenvalue weighted by Gasteiger charge is 2.56. The van der Waals surface area contributed by atoms with Crippen LogP contribution < -0.4 is 4.74 Å². The molecule has 1 aliphatic rings. The van der Waals surface area contributed by atoms with Gasteiger partial charge in [0.25, 0.3) is 0 Å². The Hall–Kier alpha value is -1.95. The Balaban J connectivity index is 2.64. The summed E-state index contributed by atoms with van der Waals surface area (Å²) in [7, 11) is 0. The van der Waals surface area contributed by atoms with Gasteiger partial charge in [0.15, 0.2) is 5.71 Å². The Morgan fingerprint density at radius 1 is 1.53 bits per heavy atom. The zero-order valence-electron chi connectivity index (χ0n) is 8.71. The minimum absolute atomic E-state index is 0.188. The van der Waals surface area contributed by atoms with E-state index in [0.717, 1.165) is 0 Å². The lowest BCUT2D eigenvalue weighted by Crippen LogP contribution is -2.42. The van der Waals surface area contributed by atoms with Gasteiger partial charge < -0.3 is 4.74 Å². The highest BCUT2D eigenvalue weighted by atomic mass is 35.5. The molecule has 0 N–H and O–H groups in total. The summed E-state index contributed by atoms with van der Waals surface area (Å²) in [6, 6.07) is 6.39. The van der Waals surface area contributed by atoms with E-state index in [-0.39, 0.29) is 11.5 Å². The molecular weight excluding hydrogens is 248 g/mol. The number of nitrogens with zero attached hydrogens (tertiary/aromatic N) is 2. The molecule has 1 atom stereocenters. The second-order valence-electron chi connectivity index (χ2n) is 3.40. The van der Waals surface area contributed by atoms with Crippen molar-refractivity contribution in [2.75, 3.05) is 0 Å². The van der Waals surface area contributed by atoms with Crippen LogP contribution in [0.3, 0.4) is 0 Å². The first-order valence-electron chi connectivity index (χ1n) is 4.66. The van der Waals surface area contributed by atoms with Crippen molar-refractivity contribution in [3.05, 3.63) is 39.9 Å². The molecule has 7 heteroatoms. The van der Waals surface area contributed by atoms with Crippen molar-refractivity contribution in [1.82, 2.24) is 0 Å². The van der Waals surface area contributed by atoms with Crippen LogP contribution in [0, 0.1) is 10.1 Å². The number of nitro groups is 1. The van der Waals surface area contributed by atoms with Gasteiger partial charge in [-0.3, -0.25) is 14.9 Å². The first kappa shape index (κ1) is 11.5. The molecule has 1 unspecified atom stereocenters. The van der Waals surface area contributed by atoms with Crippen LogP contribution in [0.5, 0.6) is 5.75 Å². The van der Waals surface area contributed by atoms with Gasteiger partial charge in [-0.05, 0) is 12.1 Å². The smallest absolute Gasteiger partial charge is 0.410 e. The van der Waals surface area contributed by atoms with E-state index in [1.807, 2.05) is 0 Å². The van der Waals surface area contributed by atoms with Gasteiger partial charge in [-0.2, -0.15) is 0 Å². The first-order chi connectivity index (χ1) is 7.95. The molecule has 0 aliphatic carbocycles. The molecule has 1 aliphatic heterocycles. The van der Waals surface area contributed by atoms with Gasteiger partial charge in [0.05, 0.1) is 10.5 Å². The predicted molar refractivity (Wildman–Crippen MR) is 59.9 cm³/mol. The summed E-state index contributed by atoms with van der Waals surface area (Å²) in [4.78, 5) is 24.7. The molecule has 1 aromatic carbocycles. The van der Waals surface area contributed by atoms with Gasteiger partial charge in [0, 0.05) is 18.5 Å². The van der Waals surface area contributed by atoms with Crippen molar-refractivity contribution in [3.63, 3.8) is 0 Å². The number of benzene rings is 1. The second-order valence-corrected chi connectivity index (χ2v) is 3.91. The van der Waals surface area contributed by atoms with E-state index in [1.54, 1.807) is 18.2 Å². The lowest BCUT2D eigenvalue weighted by molar-refractivity contribution is -0.559. The SMILES string of the molecule is CC(=O)N=C1c2ccccc2OC1(Cl)[N+](=O)[O-]. The topological polar surface area (TPSA) is 81.8 Å². The number of fused-ring (bicyclic) bond motifs is 1.